The van der Waals surface area contributed by atoms with E-state index in [2.05, 4.69) is 15.5 Å². The Balaban J connectivity index is 1.93. The predicted molar refractivity (Wildman–Crippen MR) is 74.6 cm³/mol. The van der Waals surface area contributed by atoms with E-state index in [4.69, 9.17) is 0 Å². The molecule has 20 heavy (non-hydrogen) atoms. The van der Waals surface area contributed by atoms with Gasteiger partial charge in [-0.1, -0.05) is 25.1 Å². The van der Waals surface area contributed by atoms with Gasteiger partial charge in [-0.25, -0.2) is 0 Å². The molecule has 106 valence electrons. The van der Waals surface area contributed by atoms with Crippen LogP contribution in [-0.2, 0) is 0 Å². The number of carbonyl (C=O) groups excluding carboxylic acids is 1. The Morgan fingerprint density at radius 1 is 1.40 bits per heavy atom. The Kier molecular flexibility index (Phi) is 4.84. The number of para-hydroxylation sites is 1. The third-order valence-electron chi connectivity index (χ3n) is 2.95. The number of carbonyl (C=O) groups is 1. The minimum absolute atomic E-state index is 0.264. The van der Waals surface area contributed by atoms with Gasteiger partial charge in [-0.2, -0.15) is 9.90 Å². The van der Waals surface area contributed by atoms with Gasteiger partial charge in [0.25, 0.3) is 5.91 Å². The zero-order valence-electron chi connectivity index (χ0n) is 11.4. The molecular formula is C14H18N4O2. The third-order valence-corrected chi connectivity index (χ3v) is 2.95. The minimum Gasteiger partial charge on any atom is -0.393 e. The lowest BCUT2D eigenvalue weighted by Crippen LogP contribution is -2.27. The number of aromatic nitrogens is 3. The zero-order valence-corrected chi connectivity index (χ0v) is 11.4. The Labute approximate surface area is 117 Å². The highest BCUT2D eigenvalue weighted by molar-refractivity contribution is 5.91. The molecule has 2 aromatic rings. The van der Waals surface area contributed by atoms with Crippen molar-refractivity contribution in [3.8, 4) is 5.69 Å². The van der Waals surface area contributed by atoms with Crippen LogP contribution in [0.25, 0.3) is 5.69 Å². The molecular weight excluding hydrogens is 256 g/mol. The van der Waals surface area contributed by atoms with E-state index >= 15 is 0 Å². The second-order valence-corrected chi connectivity index (χ2v) is 4.46. The topological polar surface area (TPSA) is 80.0 Å². The average molecular weight is 274 g/mol. The molecule has 0 fully saturated rings. The molecule has 2 rings (SSSR count). The zero-order chi connectivity index (χ0) is 14.4. The predicted octanol–water partition coefficient (Wildman–Crippen LogP) is 1.16. The summed E-state index contributed by atoms with van der Waals surface area (Å²) in [5, 5.41) is 20.3. The van der Waals surface area contributed by atoms with E-state index < -0.39 is 0 Å². The minimum atomic E-state index is -0.379. The molecule has 1 aromatic carbocycles. The first-order valence-electron chi connectivity index (χ1n) is 6.64. The molecule has 1 amide bonds. The average Bonchev–Trinajstić information content (AvgIpc) is 2.97. The molecule has 0 saturated heterocycles. The Bertz CT molecular complexity index is 553. The van der Waals surface area contributed by atoms with Gasteiger partial charge < -0.3 is 10.4 Å². The van der Waals surface area contributed by atoms with Crippen molar-refractivity contribution in [3.05, 3.63) is 42.2 Å². The highest BCUT2D eigenvalue weighted by atomic mass is 16.3. The Morgan fingerprint density at radius 3 is 2.85 bits per heavy atom. The fourth-order valence-electron chi connectivity index (χ4n) is 1.70. The van der Waals surface area contributed by atoms with Gasteiger partial charge in [0.05, 0.1) is 18.0 Å². The van der Waals surface area contributed by atoms with E-state index in [-0.39, 0.29) is 17.7 Å². The van der Waals surface area contributed by atoms with Crippen molar-refractivity contribution in [2.75, 3.05) is 6.54 Å². The van der Waals surface area contributed by atoms with Gasteiger partial charge in [0.1, 0.15) is 0 Å². The maximum Gasteiger partial charge on any atom is 0.273 e. The number of hydrogen-bond acceptors (Lipinski definition) is 4. The van der Waals surface area contributed by atoms with Crippen LogP contribution in [0.15, 0.2) is 36.5 Å². The summed E-state index contributed by atoms with van der Waals surface area (Å²) in [5.74, 6) is -0.282. The molecule has 6 heteroatoms. The molecule has 1 aromatic heterocycles. The number of hydrogen-bond donors (Lipinski definition) is 2. The van der Waals surface area contributed by atoms with Gasteiger partial charge in [-0.3, -0.25) is 4.79 Å². The van der Waals surface area contributed by atoms with E-state index in [9.17, 15) is 9.90 Å². The number of benzene rings is 1. The second kappa shape index (κ2) is 6.81. The summed E-state index contributed by atoms with van der Waals surface area (Å²) in [6.45, 7) is 2.32. The largest absolute Gasteiger partial charge is 0.393 e. The van der Waals surface area contributed by atoms with Crippen LogP contribution in [0.1, 0.15) is 30.3 Å². The fourth-order valence-corrected chi connectivity index (χ4v) is 1.70. The summed E-state index contributed by atoms with van der Waals surface area (Å²) >= 11 is 0. The maximum absolute atomic E-state index is 11.9. The summed E-state index contributed by atoms with van der Waals surface area (Å²) in [6.07, 6.45) is 2.27. The van der Waals surface area contributed by atoms with Crippen molar-refractivity contribution in [1.82, 2.24) is 20.3 Å². The van der Waals surface area contributed by atoms with Crippen molar-refractivity contribution in [2.24, 2.45) is 0 Å². The molecule has 0 aliphatic heterocycles. The van der Waals surface area contributed by atoms with Crippen LogP contribution in [-0.4, -0.2) is 38.7 Å². The standard InChI is InChI=1S/C14H18N4O2/c1-2-12(19)8-9-15-14(20)13-10-16-18(17-13)11-6-4-3-5-7-11/h3-7,10,12,19H,2,8-9H2,1H3,(H,15,20). The molecule has 0 saturated carbocycles. The van der Waals surface area contributed by atoms with Crippen molar-refractivity contribution >= 4 is 5.91 Å². The van der Waals surface area contributed by atoms with E-state index in [0.29, 0.717) is 19.4 Å². The Hall–Kier alpha value is -2.21. The van der Waals surface area contributed by atoms with Crippen molar-refractivity contribution in [3.63, 3.8) is 0 Å². The van der Waals surface area contributed by atoms with Crippen LogP contribution in [0.4, 0.5) is 0 Å². The lowest BCUT2D eigenvalue weighted by molar-refractivity contribution is 0.0936. The second-order valence-electron chi connectivity index (χ2n) is 4.46. The Morgan fingerprint density at radius 2 is 2.15 bits per heavy atom. The normalized spacial score (nSPS) is 12.1. The van der Waals surface area contributed by atoms with Crippen LogP contribution in [0.3, 0.4) is 0 Å². The SMILES string of the molecule is CCC(O)CCNC(=O)c1cnn(-c2ccccc2)n1. The summed E-state index contributed by atoms with van der Waals surface area (Å²) in [6, 6.07) is 9.38. The van der Waals surface area contributed by atoms with Gasteiger partial charge in [-0.05, 0) is 25.0 Å². The first-order valence-corrected chi connectivity index (χ1v) is 6.64. The fraction of sp³-hybridized carbons (Fsp3) is 0.357. The third kappa shape index (κ3) is 3.64. The van der Waals surface area contributed by atoms with Crippen LogP contribution in [0, 0.1) is 0 Å². The van der Waals surface area contributed by atoms with E-state index in [1.165, 1.54) is 11.0 Å². The van der Waals surface area contributed by atoms with E-state index in [1.54, 1.807) is 0 Å². The quantitative estimate of drug-likeness (QED) is 0.828. The molecule has 1 heterocycles. The number of amides is 1. The number of rotatable bonds is 6. The van der Waals surface area contributed by atoms with Gasteiger partial charge >= 0.3 is 0 Å². The summed E-state index contributed by atoms with van der Waals surface area (Å²) in [4.78, 5) is 13.3. The molecule has 1 unspecified atom stereocenters. The first-order chi connectivity index (χ1) is 9.70. The summed E-state index contributed by atoms with van der Waals surface area (Å²) in [7, 11) is 0. The van der Waals surface area contributed by atoms with Crippen molar-refractivity contribution < 1.29 is 9.90 Å². The molecule has 0 bridgehead atoms. The van der Waals surface area contributed by atoms with E-state index in [0.717, 1.165) is 5.69 Å². The van der Waals surface area contributed by atoms with Crippen LogP contribution in [0.2, 0.25) is 0 Å². The molecule has 2 N–H and O–H groups in total. The van der Waals surface area contributed by atoms with Gasteiger partial charge in [0, 0.05) is 6.54 Å². The lowest BCUT2D eigenvalue weighted by atomic mass is 10.2. The highest BCUT2D eigenvalue weighted by Crippen LogP contribution is 2.04. The van der Waals surface area contributed by atoms with Crippen molar-refractivity contribution in [1.29, 1.82) is 0 Å². The number of aliphatic hydroxyl groups excluding tert-OH is 1. The van der Waals surface area contributed by atoms with Crippen LogP contribution >= 0.6 is 0 Å². The number of nitrogens with one attached hydrogen (secondary N) is 1. The van der Waals surface area contributed by atoms with Gasteiger partial charge in [0.15, 0.2) is 5.69 Å². The van der Waals surface area contributed by atoms with Crippen LogP contribution in [0.5, 0.6) is 0 Å². The molecule has 1 atom stereocenters. The number of aliphatic hydroxyl groups is 1. The molecule has 0 spiro atoms. The van der Waals surface area contributed by atoms with E-state index in [1.807, 2.05) is 37.3 Å². The molecule has 0 radical (unpaired) electrons. The van der Waals surface area contributed by atoms with Gasteiger partial charge in [0.2, 0.25) is 0 Å². The monoisotopic (exact) mass is 274 g/mol. The molecule has 0 aliphatic rings. The smallest absolute Gasteiger partial charge is 0.273 e. The number of nitrogens with zero attached hydrogens (tertiary/aromatic N) is 3. The summed E-state index contributed by atoms with van der Waals surface area (Å²) < 4.78 is 0. The molecule has 0 aliphatic carbocycles. The maximum atomic E-state index is 11.9. The first kappa shape index (κ1) is 14.2. The molecule has 6 nitrogen and oxygen atoms in total. The van der Waals surface area contributed by atoms with Crippen molar-refractivity contribution in [2.45, 2.75) is 25.9 Å². The lowest BCUT2D eigenvalue weighted by Gasteiger charge is -2.07. The van der Waals surface area contributed by atoms with Crippen LogP contribution < -0.4 is 5.32 Å². The highest BCUT2D eigenvalue weighted by Gasteiger charge is 2.11. The summed E-state index contributed by atoms with van der Waals surface area (Å²) in [5.41, 5.74) is 1.06. The van der Waals surface area contributed by atoms with Gasteiger partial charge in [-0.15, -0.1) is 5.10 Å².